The molecule has 5 heterocycles. The number of ether oxygens (including phenoxy) is 1. The van der Waals surface area contributed by atoms with E-state index in [2.05, 4.69) is 32.0 Å². The van der Waals surface area contributed by atoms with Crippen LogP contribution in [0.3, 0.4) is 0 Å². The molecule has 1 amide bonds. The molecule has 160 valence electrons. The highest BCUT2D eigenvalue weighted by atomic mass is 16.6. The van der Waals surface area contributed by atoms with Crippen LogP contribution in [0.1, 0.15) is 50.9 Å². The van der Waals surface area contributed by atoms with Crippen LogP contribution in [0.4, 0.5) is 16.6 Å². The number of fused-ring (bicyclic) bond motifs is 3. The van der Waals surface area contributed by atoms with E-state index in [1.807, 2.05) is 10.8 Å². The van der Waals surface area contributed by atoms with Gasteiger partial charge in [0.25, 0.3) is 0 Å². The second-order valence-electron chi connectivity index (χ2n) is 8.07. The van der Waals surface area contributed by atoms with Crippen molar-refractivity contribution in [3.8, 4) is 11.6 Å². The molecule has 1 unspecified atom stereocenters. The highest BCUT2D eigenvalue weighted by molar-refractivity contribution is 5.87. The Hall–Kier alpha value is -3.50. The van der Waals surface area contributed by atoms with Crippen molar-refractivity contribution < 1.29 is 9.53 Å². The molecule has 0 spiro atoms. The highest BCUT2D eigenvalue weighted by Gasteiger charge is 2.39. The van der Waals surface area contributed by atoms with Crippen LogP contribution in [0, 0.1) is 0 Å². The molecule has 3 aromatic rings. The first-order chi connectivity index (χ1) is 15.3. The average Bonchev–Trinajstić information content (AvgIpc) is 3.59. The van der Waals surface area contributed by atoms with Crippen molar-refractivity contribution in [2.75, 3.05) is 23.0 Å². The largest absolute Gasteiger partial charge is 0.447 e. The van der Waals surface area contributed by atoms with Crippen LogP contribution in [-0.2, 0) is 4.74 Å². The number of anilines is 2. The Morgan fingerprint density at radius 1 is 1.19 bits per heavy atom. The van der Waals surface area contributed by atoms with Gasteiger partial charge in [-0.3, -0.25) is 9.13 Å². The summed E-state index contributed by atoms with van der Waals surface area (Å²) >= 11 is 0. The molecule has 11 heteroatoms. The van der Waals surface area contributed by atoms with E-state index < -0.39 is 6.09 Å². The number of nitrogens with zero attached hydrogens (tertiary/aromatic N) is 9. The van der Waals surface area contributed by atoms with E-state index in [0.29, 0.717) is 31.1 Å². The van der Waals surface area contributed by atoms with Crippen LogP contribution < -0.4 is 9.80 Å². The van der Waals surface area contributed by atoms with E-state index in [1.54, 1.807) is 23.3 Å². The third-order valence-corrected chi connectivity index (χ3v) is 6.39. The van der Waals surface area contributed by atoms with Gasteiger partial charge in [0.15, 0.2) is 11.6 Å². The van der Waals surface area contributed by atoms with Gasteiger partial charge in [-0.25, -0.2) is 19.7 Å². The third-order valence-electron chi connectivity index (χ3n) is 6.39. The molecule has 0 aromatic carbocycles. The molecule has 0 N–H and O–H groups in total. The molecule has 3 aliphatic rings. The fraction of sp³-hybridized carbons (Fsp3) is 0.500. The summed E-state index contributed by atoms with van der Waals surface area (Å²) in [4.78, 5) is 30.0. The van der Waals surface area contributed by atoms with Crippen molar-refractivity contribution in [2.24, 2.45) is 0 Å². The lowest BCUT2D eigenvalue weighted by atomic mass is 10.0. The maximum Gasteiger partial charge on any atom is 0.416 e. The van der Waals surface area contributed by atoms with E-state index in [4.69, 9.17) is 9.72 Å². The summed E-state index contributed by atoms with van der Waals surface area (Å²) in [5.41, 5.74) is 0.877. The number of hydrogen-bond donors (Lipinski definition) is 0. The van der Waals surface area contributed by atoms with Crippen LogP contribution in [0.2, 0.25) is 0 Å². The molecule has 1 saturated carbocycles. The zero-order chi connectivity index (χ0) is 20.9. The van der Waals surface area contributed by atoms with E-state index in [0.717, 1.165) is 36.6 Å². The quantitative estimate of drug-likeness (QED) is 0.632. The number of carbonyl (C=O) groups excluding carboxylic acids is 1. The Kier molecular flexibility index (Phi) is 4.15. The first-order valence-corrected chi connectivity index (χ1v) is 10.8. The first-order valence-electron chi connectivity index (χ1n) is 10.8. The van der Waals surface area contributed by atoms with E-state index in [1.165, 1.54) is 17.7 Å². The summed E-state index contributed by atoms with van der Waals surface area (Å²) in [5.74, 6) is 2.74. The third kappa shape index (κ3) is 2.72. The van der Waals surface area contributed by atoms with Crippen LogP contribution >= 0.6 is 0 Å². The fourth-order valence-electron chi connectivity index (χ4n) is 4.98. The zero-order valence-corrected chi connectivity index (χ0v) is 17.3. The molecule has 0 bridgehead atoms. The zero-order valence-electron chi connectivity index (χ0n) is 17.3. The van der Waals surface area contributed by atoms with Crippen molar-refractivity contribution in [3.05, 3.63) is 30.7 Å². The molecule has 1 saturated heterocycles. The molecular weight excluding hydrogens is 398 g/mol. The van der Waals surface area contributed by atoms with Crippen molar-refractivity contribution in [3.63, 3.8) is 0 Å². The standard InChI is InChI=1S/C20H23N9O2/c1-2-14-17-25-23-12-28(17)15-11-22-18(24-16(15)29(14)13-5-3-4-6-13)26-8-7-21-19(26)27-9-10-31-20(27)30/h7-8,11-14H,2-6,9-10H2,1H3. The predicted octanol–water partition coefficient (Wildman–Crippen LogP) is 2.41. The van der Waals surface area contributed by atoms with Crippen molar-refractivity contribution in [1.29, 1.82) is 0 Å². The summed E-state index contributed by atoms with van der Waals surface area (Å²) in [7, 11) is 0. The molecule has 6 rings (SSSR count). The number of carbonyl (C=O) groups is 1. The molecule has 31 heavy (non-hydrogen) atoms. The van der Waals surface area contributed by atoms with Gasteiger partial charge in [-0.1, -0.05) is 19.8 Å². The van der Waals surface area contributed by atoms with Crippen LogP contribution in [0.15, 0.2) is 24.9 Å². The van der Waals surface area contributed by atoms with Gasteiger partial charge in [0, 0.05) is 18.4 Å². The highest BCUT2D eigenvalue weighted by Crippen LogP contribution is 2.42. The van der Waals surface area contributed by atoms with E-state index >= 15 is 0 Å². The molecular formula is C20H23N9O2. The Morgan fingerprint density at radius 2 is 2.06 bits per heavy atom. The Bertz CT molecular complexity index is 1130. The SMILES string of the molecule is CCC1c2nncn2-c2cnc(-n3ccnc3N3CCOC3=O)nc2N1C1CCCC1. The molecule has 2 fully saturated rings. The summed E-state index contributed by atoms with van der Waals surface area (Å²) in [6.45, 7) is 2.98. The van der Waals surface area contributed by atoms with Gasteiger partial charge in [0.05, 0.1) is 18.8 Å². The smallest absolute Gasteiger partial charge is 0.416 e. The van der Waals surface area contributed by atoms with Gasteiger partial charge >= 0.3 is 6.09 Å². The summed E-state index contributed by atoms with van der Waals surface area (Å²) in [6, 6.07) is 0.518. The molecule has 0 radical (unpaired) electrons. The van der Waals surface area contributed by atoms with Gasteiger partial charge in [0.1, 0.15) is 18.6 Å². The van der Waals surface area contributed by atoms with Crippen LogP contribution in [-0.4, -0.2) is 59.6 Å². The summed E-state index contributed by atoms with van der Waals surface area (Å²) < 4.78 is 8.81. The first kappa shape index (κ1) is 18.3. The van der Waals surface area contributed by atoms with Gasteiger partial charge in [-0.05, 0) is 19.3 Å². The molecule has 1 aliphatic carbocycles. The second-order valence-corrected chi connectivity index (χ2v) is 8.07. The fourth-order valence-corrected chi connectivity index (χ4v) is 4.98. The summed E-state index contributed by atoms with van der Waals surface area (Å²) in [6.07, 6.45) is 12.2. The van der Waals surface area contributed by atoms with Crippen molar-refractivity contribution in [1.82, 2.24) is 34.3 Å². The lowest BCUT2D eigenvalue weighted by Crippen LogP contribution is -2.42. The maximum atomic E-state index is 12.1. The Morgan fingerprint density at radius 3 is 2.84 bits per heavy atom. The normalized spacial score (nSPS) is 20.8. The topological polar surface area (TPSA) is 107 Å². The van der Waals surface area contributed by atoms with Gasteiger partial charge in [0.2, 0.25) is 11.9 Å². The van der Waals surface area contributed by atoms with Gasteiger partial charge in [-0.15, -0.1) is 10.2 Å². The molecule has 3 aromatic heterocycles. The number of imidazole rings is 1. The lowest BCUT2D eigenvalue weighted by molar-refractivity contribution is 0.181. The predicted molar refractivity (Wildman–Crippen MR) is 111 cm³/mol. The minimum Gasteiger partial charge on any atom is -0.447 e. The minimum atomic E-state index is -0.404. The van der Waals surface area contributed by atoms with E-state index in [-0.39, 0.29) is 6.04 Å². The van der Waals surface area contributed by atoms with Gasteiger partial charge in [-0.2, -0.15) is 4.98 Å². The van der Waals surface area contributed by atoms with Crippen LogP contribution in [0.5, 0.6) is 0 Å². The van der Waals surface area contributed by atoms with E-state index in [9.17, 15) is 4.79 Å². The van der Waals surface area contributed by atoms with Crippen LogP contribution in [0.25, 0.3) is 11.6 Å². The Balaban J connectivity index is 1.49. The molecule has 1 atom stereocenters. The number of amides is 1. The lowest BCUT2D eigenvalue weighted by Gasteiger charge is -2.40. The number of cyclic esters (lactones) is 1. The van der Waals surface area contributed by atoms with Crippen molar-refractivity contribution >= 4 is 17.9 Å². The number of hydrogen-bond acceptors (Lipinski definition) is 8. The minimum absolute atomic E-state index is 0.108. The number of aromatic nitrogens is 7. The summed E-state index contributed by atoms with van der Waals surface area (Å²) in [5, 5.41) is 8.59. The average molecular weight is 421 g/mol. The van der Waals surface area contributed by atoms with Crippen molar-refractivity contribution in [2.45, 2.75) is 51.1 Å². The second kappa shape index (κ2) is 7.03. The molecule has 11 nitrogen and oxygen atoms in total. The Labute approximate surface area is 178 Å². The van der Waals surface area contributed by atoms with Gasteiger partial charge < -0.3 is 9.64 Å². The number of rotatable bonds is 4. The molecule has 2 aliphatic heterocycles. The monoisotopic (exact) mass is 421 g/mol. The maximum absolute atomic E-state index is 12.1.